The number of benzene rings is 6. The van der Waals surface area contributed by atoms with E-state index in [9.17, 15) is 0 Å². The number of hydrogen-bond donors (Lipinski definition) is 0. The van der Waals surface area contributed by atoms with Crippen LogP contribution in [0.4, 0.5) is 0 Å². The van der Waals surface area contributed by atoms with Crippen LogP contribution in [0.15, 0.2) is 133 Å². The van der Waals surface area contributed by atoms with E-state index in [-0.39, 0.29) is 17.6 Å². The molecule has 0 bridgehead atoms. The molecule has 1 nitrogen and oxygen atoms in total. The molecule has 192 valence electrons. The lowest BCUT2D eigenvalue weighted by atomic mass is 9.77. The highest BCUT2D eigenvalue weighted by Crippen LogP contribution is 2.64. The Labute approximate surface area is 239 Å². The minimum absolute atomic E-state index is 0.00878. The van der Waals surface area contributed by atoms with Crippen LogP contribution in [0, 0.1) is 5.92 Å². The van der Waals surface area contributed by atoms with Gasteiger partial charge in [0.15, 0.2) is 0 Å². The van der Waals surface area contributed by atoms with Crippen molar-refractivity contribution in [2.45, 2.75) is 18.1 Å². The van der Waals surface area contributed by atoms with Crippen molar-refractivity contribution < 1.29 is 4.74 Å². The molecule has 3 atom stereocenters. The third kappa shape index (κ3) is 2.79. The lowest BCUT2D eigenvalue weighted by molar-refractivity contribution is 0.244. The van der Waals surface area contributed by atoms with E-state index >= 15 is 0 Å². The second-order valence-electron chi connectivity index (χ2n) is 11.9. The Morgan fingerprint density at radius 1 is 0.537 bits per heavy atom. The number of ether oxygens (including phenoxy) is 1. The predicted octanol–water partition coefficient (Wildman–Crippen LogP) is 10.4. The molecule has 3 aliphatic carbocycles. The average Bonchev–Trinajstić information content (AvgIpc) is 3.62. The molecule has 1 fully saturated rings. The van der Waals surface area contributed by atoms with Crippen molar-refractivity contribution in [3.8, 4) is 44.5 Å². The quantitative estimate of drug-likeness (QED) is 0.210. The monoisotopic (exact) mass is 522 g/mol. The summed E-state index contributed by atoms with van der Waals surface area (Å²) in [5.74, 6) is 0.281. The van der Waals surface area contributed by atoms with Gasteiger partial charge in [0.1, 0.15) is 11.7 Å². The van der Waals surface area contributed by atoms with Crippen LogP contribution in [0.3, 0.4) is 0 Å². The Morgan fingerprint density at radius 2 is 1.12 bits per heavy atom. The SMILES string of the molecule is C1=CCC(C2(c3ccc4c(c3)-c3cccc5cccc-4c35)OC2c2ccc3c(c2)-c2cccc4cccc-3c24)C=C1. The standard InChI is InChI=1S/C40H26O/c1-2-12-27(13-3-1)40(28-19-21-30-32-15-5-9-25-11-7-17-34(38(25)32)36(30)23-28)39(41-40)26-18-20-29-31-14-4-8-24-10-6-16-33(37(24)31)35(29)22-26/h1-12,14-23,27,39H,13H2. The molecule has 1 heteroatoms. The van der Waals surface area contributed by atoms with Crippen LogP contribution in [-0.2, 0) is 10.3 Å². The summed E-state index contributed by atoms with van der Waals surface area (Å²) in [6, 6.07) is 40.8. The maximum absolute atomic E-state index is 6.95. The molecule has 0 aromatic heterocycles. The Hall–Kier alpha value is -4.72. The molecule has 41 heavy (non-hydrogen) atoms. The highest BCUT2D eigenvalue weighted by atomic mass is 16.6. The molecule has 0 N–H and O–H groups in total. The highest BCUT2D eigenvalue weighted by Gasteiger charge is 2.62. The van der Waals surface area contributed by atoms with Gasteiger partial charge < -0.3 is 4.74 Å². The fourth-order valence-corrected chi connectivity index (χ4v) is 8.10. The summed E-state index contributed by atoms with van der Waals surface area (Å²) < 4.78 is 6.95. The average molecular weight is 523 g/mol. The van der Waals surface area contributed by atoms with Gasteiger partial charge in [0.25, 0.3) is 0 Å². The number of hydrogen-bond acceptors (Lipinski definition) is 1. The Morgan fingerprint density at radius 3 is 1.73 bits per heavy atom. The molecule has 1 aliphatic heterocycles. The lowest BCUT2D eigenvalue weighted by Gasteiger charge is -2.24. The van der Waals surface area contributed by atoms with E-state index in [0.29, 0.717) is 0 Å². The summed E-state index contributed by atoms with van der Waals surface area (Å²) in [6.45, 7) is 0. The molecule has 1 saturated heterocycles. The van der Waals surface area contributed by atoms with Gasteiger partial charge in [-0.15, -0.1) is 0 Å². The third-order valence-corrected chi connectivity index (χ3v) is 9.96. The van der Waals surface area contributed by atoms with Gasteiger partial charge in [0.2, 0.25) is 0 Å². The summed E-state index contributed by atoms with van der Waals surface area (Å²) in [5, 5.41) is 5.36. The van der Waals surface area contributed by atoms with E-state index in [0.717, 1.165) is 6.42 Å². The molecule has 0 amide bonds. The molecule has 6 aromatic rings. The zero-order valence-corrected chi connectivity index (χ0v) is 22.5. The minimum Gasteiger partial charge on any atom is -0.355 e. The molecule has 0 spiro atoms. The molecule has 0 saturated carbocycles. The minimum atomic E-state index is -0.384. The van der Waals surface area contributed by atoms with Gasteiger partial charge in [-0.3, -0.25) is 0 Å². The molecule has 3 unspecified atom stereocenters. The molecule has 10 rings (SSSR count). The van der Waals surface area contributed by atoms with Gasteiger partial charge in [-0.2, -0.15) is 0 Å². The van der Waals surface area contributed by atoms with Crippen molar-refractivity contribution in [1.82, 2.24) is 0 Å². The van der Waals surface area contributed by atoms with E-state index in [1.165, 1.54) is 77.2 Å². The number of allylic oxidation sites excluding steroid dienone is 3. The van der Waals surface area contributed by atoms with Gasteiger partial charge in [0.05, 0.1) is 0 Å². The molecular weight excluding hydrogens is 496 g/mol. The summed E-state index contributed by atoms with van der Waals surface area (Å²) in [4.78, 5) is 0. The summed E-state index contributed by atoms with van der Waals surface area (Å²) >= 11 is 0. The topological polar surface area (TPSA) is 12.5 Å². The van der Waals surface area contributed by atoms with Crippen LogP contribution in [0.2, 0.25) is 0 Å². The number of rotatable bonds is 3. The van der Waals surface area contributed by atoms with E-state index < -0.39 is 0 Å². The molecule has 0 radical (unpaired) electrons. The third-order valence-electron chi connectivity index (χ3n) is 9.96. The van der Waals surface area contributed by atoms with Crippen LogP contribution in [-0.4, -0.2) is 0 Å². The van der Waals surface area contributed by atoms with E-state index in [1.54, 1.807) is 0 Å². The van der Waals surface area contributed by atoms with Gasteiger partial charge >= 0.3 is 0 Å². The zero-order chi connectivity index (χ0) is 26.7. The second-order valence-corrected chi connectivity index (χ2v) is 11.9. The first-order chi connectivity index (χ1) is 20.3. The maximum atomic E-state index is 6.95. The fourth-order valence-electron chi connectivity index (χ4n) is 8.10. The molecule has 6 aromatic carbocycles. The zero-order valence-electron chi connectivity index (χ0n) is 22.5. The Kier molecular flexibility index (Phi) is 4.15. The van der Waals surface area contributed by atoms with Crippen molar-refractivity contribution in [3.63, 3.8) is 0 Å². The maximum Gasteiger partial charge on any atom is 0.131 e. The molecule has 1 heterocycles. The van der Waals surface area contributed by atoms with Crippen LogP contribution >= 0.6 is 0 Å². The van der Waals surface area contributed by atoms with Crippen molar-refractivity contribution in [1.29, 1.82) is 0 Å². The normalized spacial score (nSPS) is 22.3. The first-order valence-corrected chi connectivity index (χ1v) is 14.7. The Bertz CT molecular complexity index is 2170. The van der Waals surface area contributed by atoms with Gasteiger partial charge in [0, 0.05) is 5.92 Å². The number of fused-ring (bicyclic) bond motifs is 6. The van der Waals surface area contributed by atoms with E-state index in [1.807, 2.05) is 0 Å². The first-order valence-electron chi connectivity index (χ1n) is 14.7. The van der Waals surface area contributed by atoms with Crippen LogP contribution in [0.1, 0.15) is 23.7 Å². The van der Waals surface area contributed by atoms with Crippen molar-refractivity contribution in [2.75, 3.05) is 0 Å². The summed E-state index contributed by atoms with van der Waals surface area (Å²) in [6.07, 6.45) is 9.99. The van der Waals surface area contributed by atoms with Crippen molar-refractivity contribution in [3.05, 3.63) is 145 Å². The predicted molar refractivity (Wildman–Crippen MR) is 169 cm³/mol. The van der Waals surface area contributed by atoms with Crippen LogP contribution in [0.25, 0.3) is 66.1 Å². The summed E-state index contributed by atoms with van der Waals surface area (Å²) in [5.41, 5.74) is 12.8. The smallest absolute Gasteiger partial charge is 0.131 e. The molecule has 4 aliphatic rings. The van der Waals surface area contributed by atoms with Crippen LogP contribution < -0.4 is 0 Å². The van der Waals surface area contributed by atoms with E-state index in [2.05, 4.69) is 133 Å². The molecular formula is C40H26O. The van der Waals surface area contributed by atoms with Gasteiger partial charge in [-0.05, 0) is 95.7 Å². The van der Waals surface area contributed by atoms with Gasteiger partial charge in [-0.1, -0.05) is 121 Å². The summed E-state index contributed by atoms with van der Waals surface area (Å²) in [7, 11) is 0. The van der Waals surface area contributed by atoms with Gasteiger partial charge in [-0.25, -0.2) is 0 Å². The lowest BCUT2D eigenvalue weighted by Crippen LogP contribution is -2.22. The van der Waals surface area contributed by atoms with E-state index in [4.69, 9.17) is 4.74 Å². The fraction of sp³-hybridized carbons (Fsp3) is 0.100. The van der Waals surface area contributed by atoms with Crippen molar-refractivity contribution in [2.24, 2.45) is 5.92 Å². The van der Waals surface area contributed by atoms with Crippen LogP contribution in [0.5, 0.6) is 0 Å². The van der Waals surface area contributed by atoms with Crippen molar-refractivity contribution >= 4 is 21.5 Å². The Balaban J connectivity index is 1.13. The second kappa shape index (κ2) is 7.72. The first kappa shape index (κ1) is 22.0. The largest absolute Gasteiger partial charge is 0.355 e. The number of epoxide rings is 1. The highest BCUT2D eigenvalue weighted by molar-refractivity contribution is 6.16.